The molecule has 0 aliphatic heterocycles. The topological polar surface area (TPSA) is 54.6 Å². The van der Waals surface area contributed by atoms with E-state index in [0.29, 0.717) is 0 Å². The first-order chi connectivity index (χ1) is 20.5. The largest absolute Gasteiger partial charge is 0.512 e. The number of fused-ring (bicyclic) bond motifs is 5. The molecule has 1 radical (unpaired) electrons. The summed E-state index contributed by atoms with van der Waals surface area (Å²) in [6, 6.07) is 21.6. The fourth-order valence-corrected chi connectivity index (χ4v) is 7.62. The van der Waals surface area contributed by atoms with Crippen LogP contribution in [0.2, 0.25) is 19.6 Å². The van der Waals surface area contributed by atoms with E-state index in [2.05, 4.69) is 85.6 Å². The van der Waals surface area contributed by atoms with Crippen molar-refractivity contribution in [3.05, 3.63) is 78.2 Å². The minimum Gasteiger partial charge on any atom is -0.512 e. The number of aromatic nitrogens is 2. The Morgan fingerprint density at radius 2 is 1.59 bits per heavy atom. The molecular formula is C38H45IrN2O2Si-. The van der Waals surface area contributed by atoms with E-state index in [9.17, 15) is 9.90 Å². The van der Waals surface area contributed by atoms with Crippen molar-refractivity contribution in [2.75, 3.05) is 0 Å². The van der Waals surface area contributed by atoms with Crippen LogP contribution in [0, 0.1) is 24.8 Å². The Balaban J connectivity index is 0.000000239. The summed E-state index contributed by atoms with van der Waals surface area (Å²) in [5.41, 5.74) is 6.01. The van der Waals surface area contributed by atoms with Crippen LogP contribution in [0.25, 0.3) is 49.0 Å². The summed E-state index contributed by atoms with van der Waals surface area (Å²) in [7, 11) is -1.46. The molecule has 0 aliphatic carbocycles. The van der Waals surface area contributed by atoms with Crippen molar-refractivity contribution >= 4 is 68.0 Å². The summed E-state index contributed by atoms with van der Waals surface area (Å²) in [5.74, 6) is 0.547. The average molecular weight is 782 g/mol. The monoisotopic (exact) mass is 782 g/mol. The molecule has 0 unspecified atom stereocenters. The van der Waals surface area contributed by atoms with Crippen molar-refractivity contribution in [3.63, 3.8) is 0 Å². The van der Waals surface area contributed by atoms with Gasteiger partial charge in [0.15, 0.2) is 5.78 Å². The number of aliphatic hydroxyl groups excluding tert-OH is 1. The summed E-state index contributed by atoms with van der Waals surface area (Å²) in [5, 5.41) is 17.5. The number of nitrogens with zero attached hydrogens (tertiary/aromatic N) is 2. The molecule has 1 N–H and O–H groups in total. The maximum atomic E-state index is 11.7. The second-order valence-electron chi connectivity index (χ2n) is 12.9. The zero-order valence-electron chi connectivity index (χ0n) is 27.3. The Morgan fingerprint density at radius 1 is 0.932 bits per heavy atom. The van der Waals surface area contributed by atoms with Crippen molar-refractivity contribution in [1.82, 2.24) is 9.38 Å². The average Bonchev–Trinajstić information content (AvgIpc) is 3.31. The van der Waals surface area contributed by atoms with Crippen LogP contribution in [-0.2, 0) is 24.9 Å². The van der Waals surface area contributed by atoms with E-state index in [0.717, 1.165) is 42.1 Å². The van der Waals surface area contributed by atoms with E-state index in [-0.39, 0.29) is 43.5 Å². The molecule has 6 aromatic rings. The summed E-state index contributed by atoms with van der Waals surface area (Å²) >= 11 is 0. The standard InChI is InChI=1S/C25H21N2Si.C13H24O2.Ir/c1-15-11-19-18-7-5-6-8-21(18)27-22-14-17(28(2,3)4)13-16-9-10-26-24(23(16)22)20(12-15)25(19)27;1-5-10(6-2)12(14)9-13(15)11(7-3)8-4;/h5-11,13-14H,1-4H3;9-11,14H,5-8H2,1-4H3;/q-1;;/b;12-9-;. The Morgan fingerprint density at radius 3 is 2.23 bits per heavy atom. The third-order valence-corrected chi connectivity index (χ3v) is 11.1. The van der Waals surface area contributed by atoms with Crippen LogP contribution in [0.5, 0.6) is 0 Å². The molecule has 0 spiro atoms. The molecule has 4 nitrogen and oxygen atoms in total. The molecule has 0 saturated heterocycles. The number of rotatable bonds is 8. The van der Waals surface area contributed by atoms with Gasteiger partial charge in [-0.25, -0.2) is 0 Å². The van der Waals surface area contributed by atoms with E-state index < -0.39 is 8.07 Å². The van der Waals surface area contributed by atoms with Gasteiger partial charge in [0.25, 0.3) is 0 Å². The Hall–Kier alpha value is -3.05. The maximum absolute atomic E-state index is 11.7. The molecule has 0 bridgehead atoms. The minimum atomic E-state index is -1.46. The third kappa shape index (κ3) is 6.09. The summed E-state index contributed by atoms with van der Waals surface area (Å²) in [6.07, 6.45) is 6.86. The number of benzene rings is 3. The summed E-state index contributed by atoms with van der Waals surface area (Å²) in [4.78, 5) is 16.5. The van der Waals surface area contributed by atoms with Gasteiger partial charge in [0.05, 0.1) is 13.8 Å². The van der Waals surface area contributed by atoms with E-state index in [1.54, 1.807) is 0 Å². The molecule has 3 heterocycles. The van der Waals surface area contributed by atoms with Gasteiger partial charge in [-0.3, -0.25) is 4.79 Å². The molecule has 6 rings (SSSR count). The normalized spacial score (nSPS) is 12.5. The van der Waals surface area contributed by atoms with Crippen molar-refractivity contribution in [3.8, 4) is 0 Å². The predicted molar refractivity (Wildman–Crippen MR) is 187 cm³/mol. The van der Waals surface area contributed by atoms with Gasteiger partial charge in [-0.1, -0.05) is 94.5 Å². The van der Waals surface area contributed by atoms with Crippen LogP contribution in [-0.4, -0.2) is 28.3 Å². The number of hydrogen-bond donors (Lipinski definition) is 1. The van der Waals surface area contributed by atoms with Gasteiger partial charge in [0, 0.05) is 55.2 Å². The number of ketones is 1. The molecule has 0 amide bonds. The van der Waals surface area contributed by atoms with E-state index in [4.69, 9.17) is 4.98 Å². The maximum Gasteiger partial charge on any atom is 0.162 e. The second kappa shape index (κ2) is 13.5. The summed E-state index contributed by atoms with van der Waals surface area (Å²) in [6.45, 7) is 17.5. The van der Waals surface area contributed by atoms with Crippen LogP contribution in [0.3, 0.4) is 0 Å². The molecule has 0 aliphatic rings. The first-order valence-corrected chi connectivity index (χ1v) is 19.4. The number of pyridine rings is 2. The van der Waals surface area contributed by atoms with Crippen LogP contribution < -0.4 is 5.19 Å². The van der Waals surface area contributed by atoms with Crippen molar-refractivity contribution in [2.45, 2.75) is 79.9 Å². The summed E-state index contributed by atoms with van der Waals surface area (Å²) < 4.78 is 2.45. The van der Waals surface area contributed by atoms with Gasteiger partial charge >= 0.3 is 0 Å². The number of aliphatic hydroxyl groups is 1. The van der Waals surface area contributed by atoms with Crippen molar-refractivity contribution in [1.29, 1.82) is 0 Å². The number of para-hydroxylation sites is 1. The molecule has 3 aromatic heterocycles. The van der Waals surface area contributed by atoms with Gasteiger partial charge in [-0.15, -0.1) is 17.7 Å². The molecule has 3 aromatic carbocycles. The van der Waals surface area contributed by atoms with Gasteiger partial charge in [0.2, 0.25) is 0 Å². The van der Waals surface area contributed by atoms with Crippen LogP contribution in [0.1, 0.15) is 58.9 Å². The molecule has 233 valence electrons. The zero-order chi connectivity index (χ0) is 31.1. The second-order valence-corrected chi connectivity index (χ2v) is 18.0. The zero-order valence-corrected chi connectivity index (χ0v) is 30.7. The number of carbonyl (C=O) groups is 1. The Bertz CT molecular complexity index is 1960. The Labute approximate surface area is 276 Å². The van der Waals surface area contributed by atoms with E-state index in [1.807, 2.05) is 33.9 Å². The number of carbonyl (C=O) groups excluding carboxylic acids is 1. The first-order valence-electron chi connectivity index (χ1n) is 15.9. The fraction of sp³-hybridized carbons (Fsp3) is 0.368. The molecule has 0 saturated carbocycles. The van der Waals surface area contributed by atoms with Crippen LogP contribution in [0.15, 0.2) is 66.6 Å². The fourth-order valence-electron chi connectivity index (χ4n) is 6.46. The van der Waals surface area contributed by atoms with Crippen LogP contribution in [0.4, 0.5) is 0 Å². The molecule has 6 heteroatoms. The van der Waals surface area contributed by atoms with Crippen molar-refractivity contribution in [2.24, 2.45) is 11.8 Å². The quantitative estimate of drug-likeness (QED) is 0.0418. The molecule has 0 fully saturated rings. The first kappa shape index (κ1) is 33.8. The predicted octanol–water partition coefficient (Wildman–Crippen LogP) is 9.91. The van der Waals surface area contributed by atoms with Gasteiger partial charge in [-0.2, -0.15) is 0 Å². The number of hydrogen-bond acceptors (Lipinski definition) is 3. The number of allylic oxidation sites excluding steroid dienone is 2. The molecular weight excluding hydrogens is 737 g/mol. The molecule has 0 atom stereocenters. The van der Waals surface area contributed by atoms with Gasteiger partial charge in [-0.05, 0) is 71.1 Å². The molecule has 44 heavy (non-hydrogen) atoms. The van der Waals surface area contributed by atoms with Gasteiger partial charge in [0.1, 0.15) is 0 Å². The van der Waals surface area contributed by atoms with Crippen LogP contribution >= 0.6 is 0 Å². The third-order valence-electron chi connectivity index (χ3n) is 9.10. The van der Waals surface area contributed by atoms with E-state index in [1.165, 1.54) is 49.4 Å². The van der Waals surface area contributed by atoms with E-state index >= 15 is 0 Å². The van der Waals surface area contributed by atoms with Crippen molar-refractivity contribution < 1.29 is 30.0 Å². The SMILES string of the molecule is CCC(CC)C(=O)/C=C(\O)C(CC)CC.Cc1[c-]c2c3nccc4cc([Si](C)(C)C)cc(c43)n3c4ccccc4c(c1)c23.[Ir]. The smallest absolute Gasteiger partial charge is 0.162 e. The number of aryl methyl sites for hydroxylation is 1. The minimum absolute atomic E-state index is 0. The van der Waals surface area contributed by atoms with Gasteiger partial charge < -0.3 is 14.5 Å². The Kier molecular flexibility index (Phi) is 10.4.